The Morgan fingerprint density at radius 2 is 1.88 bits per heavy atom. The molecule has 0 N–H and O–H groups in total. The summed E-state index contributed by atoms with van der Waals surface area (Å²) < 4.78 is 38.1. The lowest BCUT2D eigenvalue weighted by Crippen LogP contribution is -2.08. The van der Waals surface area contributed by atoms with E-state index in [9.17, 15) is 18.0 Å². The van der Waals surface area contributed by atoms with Gasteiger partial charge in [0.15, 0.2) is 6.29 Å². The van der Waals surface area contributed by atoms with Crippen LogP contribution in [0.25, 0.3) is 11.1 Å². The van der Waals surface area contributed by atoms with Crippen molar-refractivity contribution >= 4 is 17.6 Å². The van der Waals surface area contributed by atoms with E-state index in [-0.39, 0.29) is 11.8 Å². The lowest BCUT2D eigenvalue weighted by molar-refractivity contribution is -0.137. The standard InChI is InChI=1S/C12H7F3OS/c13-12(14,15)11-5-8(1-2-9(11)6-16)10-3-4-17-7-10/h1-7H. The third-order valence-electron chi connectivity index (χ3n) is 2.34. The number of rotatable bonds is 2. The van der Waals surface area contributed by atoms with Gasteiger partial charge in [-0.15, -0.1) is 0 Å². The van der Waals surface area contributed by atoms with Crippen molar-refractivity contribution in [3.05, 3.63) is 46.2 Å². The summed E-state index contributed by atoms with van der Waals surface area (Å²) in [4.78, 5) is 10.6. The van der Waals surface area contributed by atoms with Gasteiger partial charge in [0.05, 0.1) is 5.56 Å². The fraction of sp³-hybridized carbons (Fsp3) is 0.0833. The maximum Gasteiger partial charge on any atom is 0.417 e. The van der Waals surface area contributed by atoms with E-state index < -0.39 is 11.7 Å². The fourth-order valence-electron chi connectivity index (χ4n) is 1.51. The average Bonchev–Trinajstić information content (AvgIpc) is 2.80. The Morgan fingerprint density at radius 3 is 2.41 bits per heavy atom. The molecule has 1 heterocycles. The molecule has 1 aromatic heterocycles. The monoisotopic (exact) mass is 256 g/mol. The van der Waals surface area contributed by atoms with Crippen molar-refractivity contribution < 1.29 is 18.0 Å². The van der Waals surface area contributed by atoms with Crippen LogP contribution in [0.4, 0.5) is 13.2 Å². The minimum Gasteiger partial charge on any atom is -0.298 e. The number of halogens is 3. The maximum atomic E-state index is 12.7. The molecule has 0 bridgehead atoms. The van der Waals surface area contributed by atoms with E-state index >= 15 is 0 Å². The summed E-state index contributed by atoms with van der Waals surface area (Å²) >= 11 is 1.41. The van der Waals surface area contributed by atoms with Crippen LogP contribution in [0.3, 0.4) is 0 Å². The van der Waals surface area contributed by atoms with Crippen molar-refractivity contribution in [2.24, 2.45) is 0 Å². The van der Waals surface area contributed by atoms with Crippen LogP contribution in [0, 0.1) is 0 Å². The Labute approximate surface area is 99.5 Å². The molecule has 88 valence electrons. The summed E-state index contributed by atoms with van der Waals surface area (Å²) in [6.45, 7) is 0. The third kappa shape index (κ3) is 2.39. The first-order valence-electron chi connectivity index (χ1n) is 4.71. The van der Waals surface area contributed by atoms with Crippen molar-refractivity contribution in [3.63, 3.8) is 0 Å². The van der Waals surface area contributed by atoms with Crippen molar-refractivity contribution in [3.8, 4) is 11.1 Å². The van der Waals surface area contributed by atoms with Gasteiger partial charge in [-0.3, -0.25) is 4.79 Å². The summed E-state index contributed by atoms with van der Waals surface area (Å²) in [6, 6.07) is 5.45. The second-order valence-corrected chi connectivity index (χ2v) is 4.21. The highest BCUT2D eigenvalue weighted by atomic mass is 32.1. The predicted octanol–water partition coefficient (Wildman–Crippen LogP) is 4.25. The molecule has 1 nitrogen and oxygen atoms in total. The van der Waals surface area contributed by atoms with Gasteiger partial charge in [0.25, 0.3) is 0 Å². The largest absolute Gasteiger partial charge is 0.417 e. The number of carbonyl (C=O) groups is 1. The van der Waals surface area contributed by atoms with E-state index in [1.54, 1.807) is 16.8 Å². The van der Waals surface area contributed by atoms with E-state index in [1.165, 1.54) is 23.5 Å². The van der Waals surface area contributed by atoms with Gasteiger partial charge >= 0.3 is 6.18 Å². The molecule has 0 aliphatic heterocycles. The lowest BCUT2D eigenvalue weighted by Gasteiger charge is -2.10. The van der Waals surface area contributed by atoms with Crippen molar-refractivity contribution in [1.29, 1.82) is 0 Å². The van der Waals surface area contributed by atoms with Crippen LogP contribution < -0.4 is 0 Å². The van der Waals surface area contributed by atoms with E-state index in [2.05, 4.69) is 0 Å². The van der Waals surface area contributed by atoms with E-state index in [0.29, 0.717) is 5.56 Å². The van der Waals surface area contributed by atoms with Crippen molar-refractivity contribution in [1.82, 2.24) is 0 Å². The molecule has 0 radical (unpaired) electrons. The molecule has 17 heavy (non-hydrogen) atoms. The first-order chi connectivity index (χ1) is 8.02. The first kappa shape index (κ1) is 11.9. The van der Waals surface area contributed by atoms with Crippen LogP contribution >= 0.6 is 11.3 Å². The SMILES string of the molecule is O=Cc1ccc(-c2ccsc2)cc1C(F)(F)F. The van der Waals surface area contributed by atoms with Crippen LogP contribution in [0.15, 0.2) is 35.0 Å². The summed E-state index contributed by atoms with van der Waals surface area (Å²) in [5, 5.41) is 3.55. The number of carbonyl (C=O) groups excluding carboxylic acids is 1. The molecule has 0 aliphatic carbocycles. The van der Waals surface area contributed by atoms with Crippen LogP contribution in [0.2, 0.25) is 0 Å². The second kappa shape index (κ2) is 4.33. The molecule has 0 aliphatic rings. The van der Waals surface area contributed by atoms with Gasteiger partial charge in [-0.1, -0.05) is 12.1 Å². The van der Waals surface area contributed by atoms with Crippen molar-refractivity contribution in [2.75, 3.05) is 0 Å². The Kier molecular flexibility index (Phi) is 3.02. The Morgan fingerprint density at radius 1 is 1.12 bits per heavy atom. The zero-order chi connectivity index (χ0) is 12.5. The number of benzene rings is 1. The molecule has 2 aromatic rings. The molecule has 5 heteroatoms. The first-order valence-corrected chi connectivity index (χ1v) is 5.65. The van der Waals surface area contributed by atoms with Crippen LogP contribution in [-0.2, 0) is 6.18 Å². The zero-order valence-electron chi connectivity index (χ0n) is 8.49. The van der Waals surface area contributed by atoms with Gasteiger partial charge in [-0.25, -0.2) is 0 Å². The number of alkyl halides is 3. The molecule has 0 amide bonds. The third-order valence-corrected chi connectivity index (χ3v) is 3.02. The molecule has 0 saturated heterocycles. The molecule has 2 rings (SSSR count). The Hall–Kier alpha value is -1.62. The van der Waals surface area contributed by atoms with Crippen LogP contribution in [0.1, 0.15) is 15.9 Å². The highest BCUT2D eigenvalue weighted by molar-refractivity contribution is 7.08. The quantitative estimate of drug-likeness (QED) is 0.734. The number of hydrogen-bond acceptors (Lipinski definition) is 2. The number of hydrogen-bond donors (Lipinski definition) is 0. The molecule has 0 saturated carbocycles. The van der Waals surface area contributed by atoms with Gasteiger partial charge in [0, 0.05) is 5.56 Å². The molecule has 1 aromatic carbocycles. The van der Waals surface area contributed by atoms with E-state index in [4.69, 9.17) is 0 Å². The van der Waals surface area contributed by atoms with Gasteiger partial charge < -0.3 is 0 Å². The molecule has 0 atom stereocenters. The summed E-state index contributed by atoms with van der Waals surface area (Å²) in [6.07, 6.45) is -4.29. The molecular weight excluding hydrogens is 249 g/mol. The number of thiophene rings is 1. The summed E-state index contributed by atoms with van der Waals surface area (Å²) in [7, 11) is 0. The molecule has 0 unspecified atom stereocenters. The van der Waals surface area contributed by atoms with Crippen molar-refractivity contribution in [2.45, 2.75) is 6.18 Å². The minimum absolute atomic E-state index is 0.222. The van der Waals surface area contributed by atoms with Gasteiger partial charge in [0.1, 0.15) is 0 Å². The highest BCUT2D eigenvalue weighted by Crippen LogP contribution is 2.34. The van der Waals surface area contributed by atoms with E-state index in [0.717, 1.165) is 11.6 Å². The smallest absolute Gasteiger partial charge is 0.298 e. The summed E-state index contributed by atoms with van der Waals surface area (Å²) in [5.41, 5.74) is -0.0465. The van der Waals surface area contributed by atoms with Gasteiger partial charge in [-0.05, 0) is 34.0 Å². The Bertz CT molecular complexity index is 529. The van der Waals surface area contributed by atoms with Gasteiger partial charge in [0.2, 0.25) is 0 Å². The number of aldehydes is 1. The summed E-state index contributed by atoms with van der Waals surface area (Å²) in [5.74, 6) is 0. The van der Waals surface area contributed by atoms with E-state index in [1.807, 2.05) is 0 Å². The lowest BCUT2D eigenvalue weighted by atomic mass is 10.0. The fourth-order valence-corrected chi connectivity index (χ4v) is 2.18. The maximum absolute atomic E-state index is 12.7. The Balaban J connectivity index is 2.57. The highest BCUT2D eigenvalue weighted by Gasteiger charge is 2.33. The molecular formula is C12H7F3OS. The molecule has 0 spiro atoms. The normalized spacial score (nSPS) is 11.5. The predicted molar refractivity (Wildman–Crippen MR) is 60.1 cm³/mol. The second-order valence-electron chi connectivity index (χ2n) is 3.43. The van der Waals surface area contributed by atoms with Crippen LogP contribution in [0.5, 0.6) is 0 Å². The molecule has 0 fully saturated rings. The van der Waals surface area contributed by atoms with Crippen LogP contribution in [-0.4, -0.2) is 6.29 Å². The average molecular weight is 256 g/mol. The van der Waals surface area contributed by atoms with Gasteiger partial charge in [-0.2, -0.15) is 24.5 Å². The topological polar surface area (TPSA) is 17.1 Å². The minimum atomic E-state index is -4.51. The zero-order valence-corrected chi connectivity index (χ0v) is 9.31.